The van der Waals surface area contributed by atoms with Crippen molar-refractivity contribution in [2.45, 2.75) is 13.5 Å². The van der Waals surface area contributed by atoms with Crippen molar-refractivity contribution in [2.75, 3.05) is 5.32 Å². The normalized spacial score (nSPS) is 10.4. The molecule has 0 saturated carbocycles. The zero-order chi connectivity index (χ0) is 13.1. The second-order valence-electron chi connectivity index (χ2n) is 3.68. The summed E-state index contributed by atoms with van der Waals surface area (Å²) in [7, 11) is 0. The molecule has 94 valence electrons. The van der Waals surface area contributed by atoms with Crippen LogP contribution in [0.5, 0.6) is 0 Å². The molecule has 0 bridgehead atoms. The van der Waals surface area contributed by atoms with Gasteiger partial charge in [-0.1, -0.05) is 17.7 Å². The highest BCUT2D eigenvalue weighted by Gasteiger charge is 2.06. The fraction of sp³-hybridized carbons (Fsp3) is 0.167. The molecule has 0 fully saturated rings. The molecule has 0 radical (unpaired) electrons. The number of nitrogens with one attached hydrogen (secondary N) is 1. The van der Waals surface area contributed by atoms with E-state index in [1.54, 1.807) is 19.2 Å². The summed E-state index contributed by atoms with van der Waals surface area (Å²) >= 11 is 10.6. The molecule has 1 aromatic heterocycles. The molecular weight excluding hydrogens is 336 g/mol. The van der Waals surface area contributed by atoms with Gasteiger partial charge in [0, 0.05) is 26.8 Å². The van der Waals surface area contributed by atoms with Crippen LogP contribution in [0.1, 0.15) is 22.2 Å². The van der Waals surface area contributed by atoms with Crippen molar-refractivity contribution in [3.05, 3.63) is 43.8 Å². The van der Waals surface area contributed by atoms with E-state index < -0.39 is 0 Å². The average Bonchev–Trinajstić information content (AvgIpc) is 2.74. The summed E-state index contributed by atoms with van der Waals surface area (Å²) in [5.74, 6) is 0.0476. The van der Waals surface area contributed by atoms with Gasteiger partial charge in [0.05, 0.1) is 6.54 Å². The topological polar surface area (TPSA) is 42.0 Å². The Balaban J connectivity index is 2.13. The molecule has 1 aromatic carbocycles. The minimum absolute atomic E-state index is 0.0476. The van der Waals surface area contributed by atoms with Gasteiger partial charge in [0.15, 0.2) is 10.3 Å². The lowest BCUT2D eigenvalue weighted by molar-refractivity contribution is 0.101. The predicted molar refractivity (Wildman–Crippen MR) is 78.6 cm³/mol. The number of nitrogens with zero attached hydrogens (tertiary/aromatic N) is 1. The summed E-state index contributed by atoms with van der Waals surface area (Å²) in [5, 5.41) is 3.25. The fourth-order valence-electron chi connectivity index (χ4n) is 1.43. The van der Waals surface area contributed by atoms with Crippen LogP contribution in [0, 0.1) is 0 Å². The molecule has 0 aliphatic heterocycles. The van der Waals surface area contributed by atoms with Crippen LogP contribution in [0.25, 0.3) is 0 Å². The minimum Gasteiger partial charge on any atom is -0.379 e. The molecule has 2 rings (SSSR count). The largest absolute Gasteiger partial charge is 0.379 e. The molecule has 0 spiro atoms. The zero-order valence-corrected chi connectivity index (χ0v) is 12.7. The van der Waals surface area contributed by atoms with E-state index in [4.69, 9.17) is 11.6 Å². The number of rotatable bonds is 4. The molecule has 1 N–H and O–H groups in total. The molecule has 0 unspecified atom stereocenters. The van der Waals surface area contributed by atoms with Crippen molar-refractivity contribution in [3.63, 3.8) is 0 Å². The highest BCUT2D eigenvalue weighted by molar-refractivity contribution is 9.10. The number of aromatic nitrogens is 1. The van der Waals surface area contributed by atoms with E-state index in [0.717, 1.165) is 15.0 Å². The fourth-order valence-corrected chi connectivity index (χ4v) is 2.73. The molecule has 6 heteroatoms. The number of ketones is 1. The van der Waals surface area contributed by atoms with Crippen molar-refractivity contribution in [2.24, 2.45) is 0 Å². The van der Waals surface area contributed by atoms with Crippen LogP contribution in [0.3, 0.4) is 0 Å². The van der Waals surface area contributed by atoms with E-state index in [2.05, 4.69) is 26.2 Å². The van der Waals surface area contributed by atoms with Crippen LogP contribution < -0.4 is 5.32 Å². The summed E-state index contributed by atoms with van der Waals surface area (Å²) in [6.45, 7) is 2.18. The Morgan fingerprint density at radius 1 is 1.56 bits per heavy atom. The Hall–Kier alpha value is -0.910. The van der Waals surface area contributed by atoms with Crippen molar-refractivity contribution in [1.82, 2.24) is 4.98 Å². The Morgan fingerprint density at radius 3 is 2.94 bits per heavy atom. The van der Waals surface area contributed by atoms with Crippen molar-refractivity contribution < 1.29 is 4.79 Å². The van der Waals surface area contributed by atoms with E-state index in [-0.39, 0.29) is 5.78 Å². The Morgan fingerprint density at radius 2 is 2.33 bits per heavy atom. The number of halogens is 2. The Labute approximate surface area is 122 Å². The molecule has 0 saturated heterocycles. The Bertz CT molecular complexity index is 585. The Kier molecular flexibility index (Phi) is 4.37. The maximum atomic E-state index is 11.3. The maximum Gasteiger partial charge on any atom is 0.183 e. The van der Waals surface area contributed by atoms with Gasteiger partial charge in [-0.3, -0.25) is 4.79 Å². The van der Waals surface area contributed by atoms with Gasteiger partial charge in [0.25, 0.3) is 0 Å². The van der Waals surface area contributed by atoms with Gasteiger partial charge in [-0.25, -0.2) is 4.98 Å². The van der Waals surface area contributed by atoms with E-state index in [9.17, 15) is 4.79 Å². The summed E-state index contributed by atoms with van der Waals surface area (Å²) in [6.07, 6.45) is 1.74. The molecule has 1 heterocycles. The first kappa shape index (κ1) is 13.5. The van der Waals surface area contributed by atoms with E-state index >= 15 is 0 Å². The van der Waals surface area contributed by atoms with Crippen molar-refractivity contribution in [1.29, 1.82) is 0 Å². The number of benzene rings is 1. The van der Waals surface area contributed by atoms with Crippen LogP contribution in [0.15, 0.2) is 28.9 Å². The van der Waals surface area contributed by atoms with Gasteiger partial charge in [-0.2, -0.15) is 0 Å². The molecule has 0 amide bonds. The van der Waals surface area contributed by atoms with Crippen LogP contribution >= 0.6 is 38.9 Å². The lowest BCUT2D eigenvalue weighted by atomic mass is 10.1. The van der Waals surface area contributed by atoms with Crippen LogP contribution in [0.2, 0.25) is 4.47 Å². The monoisotopic (exact) mass is 344 g/mol. The summed E-state index contributed by atoms with van der Waals surface area (Å²) < 4.78 is 1.45. The molecular formula is C12H10BrClN2OS. The van der Waals surface area contributed by atoms with Gasteiger partial charge in [0.2, 0.25) is 0 Å². The number of carbonyl (C=O) groups excluding carboxylic acids is 1. The summed E-state index contributed by atoms with van der Waals surface area (Å²) in [5.41, 5.74) is 1.57. The number of hydrogen-bond donors (Lipinski definition) is 1. The number of Topliss-reactive ketones (excluding diaryl/α,β-unsaturated/α-hetero) is 1. The molecule has 2 aromatic rings. The van der Waals surface area contributed by atoms with Crippen LogP contribution in [-0.4, -0.2) is 10.8 Å². The second-order valence-corrected chi connectivity index (χ2v) is 6.24. The minimum atomic E-state index is 0.0476. The molecule has 18 heavy (non-hydrogen) atoms. The average molecular weight is 346 g/mol. The zero-order valence-electron chi connectivity index (χ0n) is 9.54. The summed E-state index contributed by atoms with van der Waals surface area (Å²) in [6, 6.07) is 5.48. The van der Waals surface area contributed by atoms with Crippen molar-refractivity contribution >= 4 is 50.3 Å². The molecule has 0 aliphatic rings. The molecule has 3 nitrogen and oxygen atoms in total. The van der Waals surface area contributed by atoms with Gasteiger partial charge in [-0.15, -0.1) is 11.3 Å². The van der Waals surface area contributed by atoms with Crippen molar-refractivity contribution in [3.8, 4) is 0 Å². The van der Waals surface area contributed by atoms with Crippen LogP contribution in [0.4, 0.5) is 5.69 Å². The second kappa shape index (κ2) is 5.82. The third-order valence-corrected chi connectivity index (χ3v) is 4.16. The lowest BCUT2D eigenvalue weighted by Crippen LogP contribution is -2.00. The van der Waals surface area contributed by atoms with Gasteiger partial charge < -0.3 is 5.32 Å². The summed E-state index contributed by atoms with van der Waals surface area (Å²) in [4.78, 5) is 16.3. The lowest BCUT2D eigenvalue weighted by Gasteiger charge is -2.08. The first-order valence-electron chi connectivity index (χ1n) is 5.21. The van der Waals surface area contributed by atoms with Crippen LogP contribution in [-0.2, 0) is 6.54 Å². The third kappa shape index (κ3) is 3.31. The van der Waals surface area contributed by atoms with E-state index in [1.165, 1.54) is 11.3 Å². The molecule has 0 aliphatic carbocycles. The highest BCUT2D eigenvalue weighted by atomic mass is 79.9. The van der Waals surface area contributed by atoms with E-state index in [0.29, 0.717) is 16.6 Å². The highest BCUT2D eigenvalue weighted by Crippen LogP contribution is 2.25. The van der Waals surface area contributed by atoms with Gasteiger partial charge in [0.1, 0.15) is 0 Å². The number of thiazole rings is 1. The first-order valence-corrected chi connectivity index (χ1v) is 7.19. The quantitative estimate of drug-likeness (QED) is 0.836. The SMILES string of the molecule is CC(=O)c1ccc(Br)c(NCc2cnc(Cl)s2)c1. The number of anilines is 1. The maximum absolute atomic E-state index is 11.3. The number of carbonyl (C=O) groups is 1. The molecule has 0 atom stereocenters. The predicted octanol–water partition coefficient (Wildman–Crippen LogP) is 4.37. The third-order valence-electron chi connectivity index (χ3n) is 2.35. The van der Waals surface area contributed by atoms with E-state index in [1.807, 2.05) is 12.1 Å². The van der Waals surface area contributed by atoms with Gasteiger partial charge in [-0.05, 0) is 35.0 Å². The smallest absolute Gasteiger partial charge is 0.183 e. The first-order chi connectivity index (χ1) is 8.56. The number of hydrogen-bond acceptors (Lipinski definition) is 4. The standard InChI is InChI=1S/C12H10BrClN2OS/c1-7(17)8-2-3-10(13)11(4-8)15-5-9-6-16-12(14)18-9/h2-4,6,15H,5H2,1H3. The van der Waals surface area contributed by atoms with Gasteiger partial charge >= 0.3 is 0 Å².